The summed E-state index contributed by atoms with van der Waals surface area (Å²) in [4.78, 5) is 27.0. The van der Waals surface area contributed by atoms with E-state index in [1.165, 1.54) is 5.56 Å². The minimum atomic E-state index is -0.689. The van der Waals surface area contributed by atoms with Gasteiger partial charge in [-0.2, -0.15) is 0 Å². The van der Waals surface area contributed by atoms with Gasteiger partial charge >= 0.3 is 0 Å². The third-order valence-electron chi connectivity index (χ3n) is 5.22. The number of carbonyl (C=O) groups excluding carboxylic acids is 2. The summed E-state index contributed by atoms with van der Waals surface area (Å²) in [5, 5.41) is 2.67. The van der Waals surface area contributed by atoms with Gasteiger partial charge in [-0.3, -0.25) is 9.59 Å². The molecule has 1 unspecified atom stereocenters. The molecule has 1 aliphatic rings. The van der Waals surface area contributed by atoms with Crippen LogP contribution in [-0.4, -0.2) is 50.6 Å². The van der Waals surface area contributed by atoms with Crippen LogP contribution in [0.5, 0.6) is 5.75 Å². The molecule has 0 bridgehead atoms. The topological polar surface area (TPSA) is 67.9 Å². The van der Waals surface area contributed by atoms with Gasteiger partial charge in [-0.15, -0.1) is 0 Å². The Balaban J connectivity index is 1.47. The van der Waals surface area contributed by atoms with E-state index in [1.54, 1.807) is 19.1 Å². The Bertz CT molecular complexity index is 841. The van der Waals surface area contributed by atoms with Crippen LogP contribution in [0.1, 0.15) is 42.6 Å². The van der Waals surface area contributed by atoms with Crippen molar-refractivity contribution in [1.29, 1.82) is 0 Å². The summed E-state index contributed by atoms with van der Waals surface area (Å²) in [6.07, 6.45) is -0.689. The summed E-state index contributed by atoms with van der Waals surface area (Å²) in [6.45, 7) is 8.99. The van der Waals surface area contributed by atoms with Crippen LogP contribution < -0.4 is 15.0 Å². The molecule has 0 saturated carbocycles. The van der Waals surface area contributed by atoms with Gasteiger partial charge < -0.3 is 19.7 Å². The van der Waals surface area contributed by atoms with Gasteiger partial charge in [0.05, 0.1) is 19.8 Å². The number of Topliss-reactive ketones (excluding diaryl/α,β-unsaturated/α-hetero) is 1. The van der Waals surface area contributed by atoms with Crippen molar-refractivity contribution in [2.45, 2.75) is 32.8 Å². The summed E-state index contributed by atoms with van der Waals surface area (Å²) in [5.41, 5.74) is 2.86. The minimum absolute atomic E-state index is 0.0598. The van der Waals surface area contributed by atoms with Gasteiger partial charge in [0.1, 0.15) is 5.75 Å². The molecular formula is C24H30N2O4. The quantitative estimate of drug-likeness (QED) is 0.676. The molecule has 6 heteroatoms. The van der Waals surface area contributed by atoms with Gasteiger partial charge in [0.15, 0.2) is 11.9 Å². The van der Waals surface area contributed by atoms with Crippen molar-refractivity contribution in [2.24, 2.45) is 0 Å². The van der Waals surface area contributed by atoms with E-state index in [0.717, 1.165) is 32.0 Å². The summed E-state index contributed by atoms with van der Waals surface area (Å²) < 4.78 is 11.1. The summed E-state index contributed by atoms with van der Waals surface area (Å²) in [6, 6.07) is 15.2. The van der Waals surface area contributed by atoms with Crippen LogP contribution in [-0.2, 0) is 9.53 Å². The fourth-order valence-corrected chi connectivity index (χ4v) is 3.28. The van der Waals surface area contributed by atoms with Crippen LogP contribution in [0.2, 0.25) is 0 Å². The predicted molar refractivity (Wildman–Crippen MR) is 117 cm³/mol. The van der Waals surface area contributed by atoms with E-state index in [-0.39, 0.29) is 18.2 Å². The van der Waals surface area contributed by atoms with Crippen LogP contribution >= 0.6 is 0 Å². The average molecular weight is 411 g/mol. The first kappa shape index (κ1) is 21.8. The largest absolute Gasteiger partial charge is 0.481 e. The fourth-order valence-electron chi connectivity index (χ4n) is 3.28. The molecule has 160 valence electrons. The Labute approximate surface area is 178 Å². The molecule has 0 radical (unpaired) electrons. The van der Waals surface area contributed by atoms with Crippen LogP contribution in [0.25, 0.3) is 0 Å². The van der Waals surface area contributed by atoms with Gasteiger partial charge in [0, 0.05) is 24.3 Å². The lowest BCUT2D eigenvalue weighted by Crippen LogP contribution is -2.39. The Hall–Kier alpha value is -2.86. The summed E-state index contributed by atoms with van der Waals surface area (Å²) >= 11 is 0. The van der Waals surface area contributed by atoms with Crippen LogP contribution in [0.3, 0.4) is 0 Å². The molecule has 1 N–H and O–H groups in total. The Morgan fingerprint density at radius 2 is 1.63 bits per heavy atom. The Morgan fingerprint density at radius 1 is 1.00 bits per heavy atom. The van der Waals surface area contributed by atoms with Gasteiger partial charge in [-0.05, 0) is 54.8 Å². The van der Waals surface area contributed by atoms with Gasteiger partial charge in [-0.1, -0.05) is 26.0 Å². The number of amides is 1. The molecule has 1 aliphatic heterocycles. The first-order valence-electron chi connectivity index (χ1n) is 10.4. The second-order valence-corrected chi connectivity index (χ2v) is 7.77. The van der Waals surface area contributed by atoms with Crippen molar-refractivity contribution < 1.29 is 19.1 Å². The lowest BCUT2D eigenvalue weighted by molar-refractivity contribution is -0.127. The highest BCUT2D eigenvalue weighted by molar-refractivity contribution is 5.99. The Kier molecular flexibility index (Phi) is 7.46. The minimum Gasteiger partial charge on any atom is -0.481 e. The third-order valence-corrected chi connectivity index (χ3v) is 5.22. The molecular weight excluding hydrogens is 380 g/mol. The van der Waals surface area contributed by atoms with Gasteiger partial charge in [-0.25, -0.2) is 0 Å². The fraction of sp³-hybridized carbons (Fsp3) is 0.417. The normalized spacial score (nSPS) is 15.0. The molecule has 1 atom stereocenters. The van der Waals surface area contributed by atoms with E-state index in [0.29, 0.717) is 17.2 Å². The molecule has 2 aromatic rings. The first-order valence-corrected chi connectivity index (χ1v) is 10.4. The second-order valence-electron chi connectivity index (χ2n) is 7.77. The predicted octanol–water partition coefficient (Wildman–Crippen LogP) is 3.41. The number of rotatable bonds is 8. The highest BCUT2D eigenvalue weighted by atomic mass is 16.5. The van der Waals surface area contributed by atoms with Crippen molar-refractivity contribution in [3.8, 4) is 5.75 Å². The number of benzene rings is 2. The molecule has 0 aromatic heterocycles. The van der Waals surface area contributed by atoms with Crippen molar-refractivity contribution >= 4 is 17.4 Å². The van der Waals surface area contributed by atoms with E-state index in [9.17, 15) is 9.59 Å². The number of hydrogen-bond donors (Lipinski definition) is 1. The maximum absolute atomic E-state index is 12.4. The molecule has 2 aromatic carbocycles. The zero-order valence-electron chi connectivity index (χ0n) is 17.9. The van der Waals surface area contributed by atoms with E-state index < -0.39 is 6.10 Å². The summed E-state index contributed by atoms with van der Waals surface area (Å²) in [5.74, 6) is 0.618. The van der Waals surface area contributed by atoms with Crippen LogP contribution in [0, 0.1) is 0 Å². The maximum Gasteiger partial charge on any atom is 0.261 e. The number of morpholine rings is 1. The molecule has 3 rings (SSSR count). The molecule has 0 aliphatic carbocycles. The summed E-state index contributed by atoms with van der Waals surface area (Å²) in [7, 11) is 0. The van der Waals surface area contributed by atoms with Gasteiger partial charge in [0.25, 0.3) is 5.91 Å². The molecule has 6 nitrogen and oxygen atoms in total. The van der Waals surface area contributed by atoms with E-state index >= 15 is 0 Å². The first-order chi connectivity index (χ1) is 14.4. The zero-order valence-corrected chi connectivity index (χ0v) is 17.9. The number of nitrogens with zero attached hydrogens (tertiary/aromatic N) is 1. The number of ether oxygens (including phenoxy) is 2. The number of ketones is 1. The van der Waals surface area contributed by atoms with Crippen molar-refractivity contribution in [3.05, 3.63) is 59.7 Å². The van der Waals surface area contributed by atoms with Crippen LogP contribution in [0.15, 0.2) is 48.5 Å². The smallest absolute Gasteiger partial charge is 0.261 e. The monoisotopic (exact) mass is 410 g/mol. The number of anilines is 1. The second kappa shape index (κ2) is 10.3. The maximum atomic E-state index is 12.4. The lowest BCUT2D eigenvalue weighted by Gasteiger charge is -2.28. The molecule has 30 heavy (non-hydrogen) atoms. The van der Waals surface area contributed by atoms with E-state index in [4.69, 9.17) is 9.47 Å². The van der Waals surface area contributed by atoms with E-state index in [1.807, 2.05) is 36.4 Å². The standard InChI is InChI=1S/C24H30N2O4/c1-17(2)19-6-10-22(11-7-19)30-18(3)24(28)25-16-23(27)20-4-8-21(9-5-20)26-12-14-29-15-13-26/h4-11,17-18H,12-16H2,1-3H3,(H,25,28). The van der Waals surface area contributed by atoms with Crippen molar-refractivity contribution in [1.82, 2.24) is 5.32 Å². The molecule has 0 spiro atoms. The van der Waals surface area contributed by atoms with E-state index in [2.05, 4.69) is 24.1 Å². The number of hydrogen-bond acceptors (Lipinski definition) is 5. The zero-order chi connectivity index (χ0) is 21.5. The van der Waals surface area contributed by atoms with Gasteiger partial charge in [0.2, 0.25) is 0 Å². The Morgan fingerprint density at radius 3 is 2.23 bits per heavy atom. The highest BCUT2D eigenvalue weighted by Gasteiger charge is 2.17. The molecule has 1 saturated heterocycles. The number of carbonyl (C=O) groups is 2. The van der Waals surface area contributed by atoms with Crippen molar-refractivity contribution in [2.75, 3.05) is 37.7 Å². The molecule has 1 heterocycles. The van der Waals surface area contributed by atoms with Crippen molar-refractivity contribution in [3.63, 3.8) is 0 Å². The molecule has 1 amide bonds. The lowest BCUT2D eigenvalue weighted by atomic mass is 10.0. The SMILES string of the molecule is CC(Oc1ccc(C(C)C)cc1)C(=O)NCC(=O)c1ccc(N2CCOCC2)cc1. The third kappa shape index (κ3) is 5.83. The average Bonchev–Trinajstić information content (AvgIpc) is 2.78. The van der Waals surface area contributed by atoms with Crippen LogP contribution in [0.4, 0.5) is 5.69 Å². The highest BCUT2D eigenvalue weighted by Crippen LogP contribution is 2.20. The number of nitrogens with one attached hydrogen (secondary N) is 1. The molecule has 1 fully saturated rings.